The van der Waals surface area contributed by atoms with Gasteiger partial charge in [0, 0.05) is 6.04 Å². The van der Waals surface area contributed by atoms with E-state index in [0.717, 1.165) is 30.7 Å². The van der Waals surface area contributed by atoms with Gasteiger partial charge in [0.25, 0.3) is 5.91 Å². The highest BCUT2D eigenvalue weighted by Gasteiger charge is 2.34. The fraction of sp³-hybridized carbons (Fsp3) is 0.615. The number of hydrogen-bond acceptors (Lipinski definition) is 4. The first-order valence-electron chi connectivity index (χ1n) is 6.60. The Morgan fingerprint density at radius 1 is 1.53 bits per heavy atom. The lowest BCUT2D eigenvalue weighted by Gasteiger charge is -2.16. The molecule has 1 aliphatic rings. The highest BCUT2D eigenvalue weighted by Crippen LogP contribution is 2.26. The summed E-state index contributed by atoms with van der Waals surface area (Å²) in [6.07, 6.45) is 5.69. The van der Waals surface area contributed by atoms with E-state index in [2.05, 4.69) is 17.2 Å². The summed E-state index contributed by atoms with van der Waals surface area (Å²) in [6, 6.07) is -0.248. The summed E-state index contributed by atoms with van der Waals surface area (Å²) in [7, 11) is 0. The third-order valence-electron chi connectivity index (χ3n) is 3.39. The molecule has 1 aromatic heterocycles. The molecule has 1 amide bonds. The first-order chi connectivity index (χ1) is 9.11. The lowest BCUT2D eigenvalue weighted by molar-refractivity contribution is -0.142. The first-order valence-corrected chi connectivity index (χ1v) is 7.41. The number of thiazole rings is 1. The molecule has 0 spiro atoms. The summed E-state index contributed by atoms with van der Waals surface area (Å²) in [5.41, 5.74) is 0. The van der Waals surface area contributed by atoms with Gasteiger partial charge in [0.15, 0.2) is 0 Å². The Balaban J connectivity index is 1.98. The largest absolute Gasteiger partial charge is 0.481 e. The van der Waals surface area contributed by atoms with E-state index < -0.39 is 11.9 Å². The molecule has 1 aromatic rings. The molecule has 6 heteroatoms. The minimum atomic E-state index is -0.821. The number of aryl methyl sites for hydroxylation is 1. The van der Waals surface area contributed by atoms with Crippen LogP contribution in [0.2, 0.25) is 0 Å². The fourth-order valence-electron chi connectivity index (χ4n) is 2.41. The molecular formula is C13H18N2O3S. The van der Waals surface area contributed by atoms with Crippen molar-refractivity contribution in [3.8, 4) is 0 Å². The van der Waals surface area contributed by atoms with Crippen molar-refractivity contribution < 1.29 is 14.7 Å². The topological polar surface area (TPSA) is 79.3 Å². The van der Waals surface area contributed by atoms with Gasteiger partial charge in [0.2, 0.25) is 0 Å². The van der Waals surface area contributed by atoms with Crippen molar-refractivity contribution in [1.29, 1.82) is 0 Å². The molecular weight excluding hydrogens is 264 g/mol. The molecule has 2 atom stereocenters. The fourth-order valence-corrected chi connectivity index (χ4v) is 3.34. The highest BCUT2D eigenvalue weighted by atomic mass is 32.1. The Hall–Kier alpha value is -1.43. The zero-order chi connectivity index (χ0) is 13.8. The van der Waals surface area contributed by atoms with E-state index in [0.29, 0.717) is 11.3 Å². The molecule has 1 aliphatic carbocycles. The number of nitrogens with one attached hydrogen (secondary N) is 1. The number of rotatable bonds is 5. The van der Waals surface area contributed by atoms with Crippen LogP contribution in [0.4, 0.5) is 0 Å². The van der Waals surface area contributed by atoms with Gasteiger partial charge in [-0.05, 0) is 25.7 Å². The van der Waals surface area contributed by atoms with Crippen molar-refractivity contribution in [3.05, 3.63) is 16.1 Å². The maximum atomic E-state index is 12.1. The van der Waals surface area contributed by atoms with E-state index in [-0.39, 0.29) is 11.9 Å². The van der Waals surface area contributed by atoms with E-state index in [1.807, 2.05) is 0 Å². The predicted octanol–water partition coefficient (Wildman–Crippen LogP) is 2.08. The minimum Gasteiger partial charge on any atom is -0.481 e. The Kier molecular flexibility index (Phi) is 4.52. The van der Waals surface area contributed by atoms with Crippen molar-refractivity contribution >= 4 is 23.2 Å². The van der Waals surface area contributed by atoms with Crippen LogP contribution >= 0.6 is 11.3 Å². The maximum Gasteiger partial charge on any atom is 0.308 e. The molecule has 0 saturated heterocycles. The van der Waals surface area contributed by atoms with Crippen LogP contribution in [-0.4, -0.2) is 28.0 Å². The molecule has 0 aliphatic heterocycles. The number of carboxylic acids is 1. The zero-order valence-corrected chi connectivity index (χ0v) is 11.7. The quantitative estimate of drug-likeness (QED) is 0.866. The van der Waals surface area contributed by atoms with Crippen LogP contribution in [0.3, 0.4) is 0 Å². The van der Waals surface area contributed by atoms with E-state index in [9.17, 15) is 9.59 Å². The normalized spacial score (nSPS) is 22.4. The van der Waals surface area contributed by atoms with E-state index in [4.69, 9.17) is 5.11 Å². The number of aliphatic carboxylic acids is 1. The second kappa shape index (κ2) is 6.14. The van der Waals surface area contributed by atoms with Gasteiger partial charge in [-0.25, -0.2) is 4.98 Å². The number of carbonyl (C=O) groups is 2. The van der Waals surface area contributed by atoms with Gasteiger partial charge in [-0.15, -0.1) is 11.3 Å². The molecule has 1 saturated carbocycles. The number of carboxylic acid groups (broad SMARTS) is 1. The van der Waals surface area contributed by atoms with Crippen molar-refractivity contribution in [3.63, 3.8) is 0 Å². The average molecular weight is 282 g/mol. The van der Waals surface area contributed by atoms with Crippen molar-refractivity contribution in [1.82, 2.24) is 10.3 Å². The summed E-state index contributed by atoms with van der Waals surface area (Å²) in [4.78, 5) is 27.9. The molecule has 2 N–H and O–H groups in total. The second-order valence-electron chi connectivity index (χ2n) is 4.82. The maximum absolute atomic E-state index is 12.1. The van der Waals surface area contributed by atoms with Crippen molar-refractivity contribution in [2.75, 3.05) is 0 Å². The number of nitrogens with zero attached hydrogens (tertiary/aromatic N) is 1. The Morgan fingerprint density at radius 2 is 2.32 bits per heavy atom. The molecule has 0 aromatic carbocycles. The number of amides is 1. The molecule has 0 unspecified atom stereocenters. The summed E-state index contributed by atoms with van der Waals surface area (Å²) >= 11 is 1.39. The molecule has 1 heterocycles. The van der Waals surface area contributed by atoms with Gasteiger partial charge in [0.05, 0.1) is 17.1 Å². The Labute approximate surface area is 116 Å². The zero-order valence-electron chi connectivity index (χ0n) is 10.9. The first kappa shape index (κ1) is 14.0. The van der Waals surface area contributed by atoms with Crippen LogP contribution in [0.15, 0.2) is 6.20 Å². The Bertz CT molecular complexity index is 472. The number of hydrogen-bond donors (Lipinski definition) is 2. The molecule has 19 heavy (non-hydrogen) atoms. The molecule has 0 bridgehead atoms. The summed E-state index contributed by atoms with van der Waals surface area (Å²) in [6.45, 7) is 2.07. The lowest BCUT2D eigenvalue weighted by atomic mass is 10.0. The van der Waals surface area contributed by atoms with Gasteiger partial charge < -0.3 is 10.4 Å². The van der Waals surface area contributed by atoms with Gasteiger partial charge in [-0.3, -0.25) is 9.59 Å². The summed E-state index contributed by atoms with van der Waals surface area (Å²) in [5.74, 6) is -1.47. The van der Waals surface area contributed by atoms with Crippen LogP contribution in [0.25, 0.3) is 0 Å². The van der Waals surface area contributed by atoms with E-state index in [1.54, 1.807) is 6.20 Å². The third kappa shape index (κ3) is 3.32. The van der Waals surface area contributed by atoms with Crippen LogP contribution in [0, 0.1) is 5.92 Å². The van der Waals surface area contributed by atoms with Gasteiger partial charge in [-0.1, -0.05) is 13.3 Å². The summed E-state index contributed by atoms with van der Waals surface area (Å²) < 4.78 is 0. The van der Waals surface area contributed by atoms with Crippen LogP contribution in [-0.2, 0) is 11.2 Å². The molecule has 1 fully saturated rings. The second-order valence-corrected chi connectivity index (χ2v) is 5.94. The molecule has 0 radical (unpaired) electrons. The van der Waals surface area contributed by atoms with E-state index >= 15 is 0 Å². The SMILES string of the molecule is CCCc1ncc(C(=O)N[C@@H]2CCC[C@@H]2C(=O)O)s1. The van der Waals surface area contributed by atoms with Gasteiger partial charge >= 0.3 is 5.97 Å². The third-order valence-corrected chi connectivity index (χ3v) is 4.45. The van der Waals surface area contributed by atoms with Gasteiger partial charge in [0.1, 0.15) is 4.88 Å². The van der Waals surface area contributed by atoms with Crippen LogP contribution in [0.1, 0.15) is 47.3 Å². The van der Waals surface area contributed by atoms with Crippen LogP contribution < -0.4 is 5.32 Å². The molecule has 104 valence electrons. The number of carbonyl (C=O) groups excluding carboxylic acids is 1. The Morgan fingerprint density at radius 3 is 3.00 bits per heavy atom. The predicted molar refractivity (Wildman–Crippen MR) is 72.3 cm³/mol. The van der Waals surface area contributed by atoms with Gasteiger partial charge in [-0.2, -0.15) is 0 Å². The number of aromatic nitrogens is 1. The smallest absolute Gasteiger partial charge is 0.308 e. The monoisotopic (exact) mass is 282 g/mol. The summed E-state index contributed by atoms with van der Waals surface area (Å²) in [5, 5.41) is 12.9. The lowest BCUT2D eigenvalue weighted by Crippen LogP contribution is -2.39. The average Bonchev–Trinajstić information content (AvgIpc) is 2.98. The minimum absolute atomic E-state index is 0.196. The van der Waals surface area contributed by atoms with Crippen molar-refractivity contribution in [2.45, 2.75) is 45.1 Å². The van der Waals surface area contributed by atoms with E-state index in [1.165, 1.54) is 11.3 Å². The highest BCUT2D eigenvalue weighted by molar-refractivity contribution is 7.13. The molecule has 5 nitrogen and oxygen atoms in total. The van der Waals surface area contributed by atoms with Crippen molar-refractivity contribution in [2.24, 2.45) is 5.92 Å². The molecule has 2 rings (SSSR count). The van der Waals surface area contributed by atoms with Crippen LogP contribution in [0.5, 0.6) is 0 Å². The standard InChI is InChI=1S/C13H18N2O3S/c1-2-4-11-14-7-10(19-11)12(16)15-9-6-3-5-8(9)13(17)18/h7-9H,2-6H2,1H3,(H,15,16)(H,17,18)/t8-,9+/m0/s1.